The van der Waals surface area contributed by atoms with E-state index in [1.165, 1.54) is 18.2 Å². The molecule has 1 amide bonds. The van der Waals surface area contributed by atoms with Crippen LogP contribution in [-0.4, -0.2) is 28.8 Å². The Morgan fingerprint density at radius 2 is 2.21 bits per heavy atom. The van der Waals surface area contributed by atoms with Gasteiger partial charge in [0.25, 0.3) is 0 Å². The summed E-state index contributed by atoms with van der Waals surface area (Å²) >= 11 is 6.13. The summed E-state index contributed by atoms with van der Waals surface area (Å²) in [5.74, 6) is 1.31. The molecule has 1 N–H and O–H groups in total. The molecule has 2 aromatic carbocycles. The Morgan fingerprint density at radius 1 is 1.36 bits per heavy atom. The average molecular weight is 402 g/mol. The smallest absolute Gasteiger partial charge is 0.244 e. The summed E-state index contributed by atoms with van der Waals surface area (Å²) in [7, 11) is 1.83. The summed E-state index contributed by atoms with van der Waals surface area (Å²) in [4.78, 5) is 16.5. The minimum absolute atomic E-state index is 0.136. The van der Waals surface area contributed by atoms with Crippen molar-refractivity contribution in [3.8, 4) is 11.5 Å². The zero-order valence-corrected chi connectivity index (χ0v) is 15.8. The highest BCUT2D eigenvalue weighted by Gasteiger charge is 2.17. The van der Waals surface area contributed by atoms with Gasteiger partial charge in [-0.25, -0.2) is 9.37 Å². The molecular weight excluding hydrogens is 385 g/mol. The van der Waals surface area contributed by atoms with Crippen LogP contribution in [0.3, 0.4) is 0 Å². The topological polar surface area (TPSA) is 65.4 Å². The quantitative estimate of drug-likeness (QED) is 0.665. The number of nitrogens with zero attached hydrogens (tertiary/aromatic N) is 2. The number of hydrogen-bond donors (Lipinski definition) is 1. The number of fused-ring (bicyclic) bond motifs is 2. The van der Waals surface area contributed by atoms with E-state index in [1.54, 1.807) is 24.3 Å². The molecule has 0 spiro atoms. The largest absolute Gasteiger partial charge is 0.454 e. The minimum atomic E-state index is -0.302. The molecule has 0 unspecified atom stereocenters. The van der Waals surface area contributed by atoms with Crippen LogP contribution in [-0.2, 0) is 18.3 Å². The van der Waals surface area contributed by atoms with E-state index in [9.17, 15) is 9.18 Å². The number of carbonyl (C=O) groups is 1. The zero-order chi connectivity index (χ0) is 19.7. The van der Waals surface area contributed by atoms with E-state index in [0.29, 0.717) is 29.5 Å². The van der Waals surface area contributed by atoms with Crippen molar-refractivity contribution in [2.45, 2.75) is 6.42 Å². The van der Waals surface area contributed by atoms with E-state index in [1.807, 2.05) is 11.6 Å². The molecule has 0 aliphatic carbocycles. The molecule has 3 aromatic rings. The number of carbonyl (C=O) groups excluding carboxylic acids is 1. The first-order chi connectivity index (χ1) is 13.5. The Labute approximate surface area is 165 Å². The molecule has 2 heterocycles. The first kappa shape index (κ1) is 18.3. The first-order valence-electron chi connectivity index (χ1n) is 8.67. The molecule has 0 saturated carbocycles. The third kappa shape index (κ3) is 3.66. The average Bonchev–Trinajstić information content (AvgIpc) is 3.26. The number of hydrogen-bond acceptors (Lipinski definition) is 4. The maximum atomic E-state index is 13.4. The summed E-state index contributed by atoms with van der Waals surface area (Å²) in [6.45, 7) is 0.544. The molecule has 8 heteroatoms. The highest BCUT2D eigenvalue weighted by atomic mass is 35.5. The van der Waals surface area contributed by atoms with Gasteiger partial charge in [0, 0.05) is 26.1 Å². The van der Waals surface area contributed by atoms with Crippen molar-refractivity contribution in [1.82, 2.24) is 14.9 Å². The number of rotatable bonds is 5. The molecule has 4 rings (SSSR count). The van der Waals surface area contributed by atoms with Gasteiger partial charge >= 0.3 is 0 Å². The van der Waals surface area contributed by atoms with Crippen LogP contribution in [0, 0.1) is 5.82 Å². The molecule has 0 radical (unpaired) electrons. The van der Waals surface area contributed by atoms with Gasteiger partial charge in [0.15, 0.2) is 11.5 Å². The fourth-order valence-electron chi connectivity index (χ4n) is 3.05. The summed E-state index contributed by atoms with van der Waals surface area (Å²) in [6.07, 6.45) is 3.61. The van der Waals surface area contributed by atoms with Gasteiger partial charge in [0.1, 0.15) is 11.6 Å². The van der Waals surface area contributed by atoms with Crippen LogP contribution in [0.25, 0.3) is 17.1 Å². The lowest BCUT2D eigenvalue weighted by molar-refractivity contribution is -0.116. The molecule has 28 heavy (non-hydrogen) atoms. The molecule has 1 aromatic heterocycles. The third-order valence-corrected chi connectivity index (χ3v) is 4.74. The summed E-state index contributed by atoms with van der Waals surface area (Å²) in [5.41, 5.74) is 2.19. The number of amides is 1. The summed E-state index contributed by atoms with van der Waals surface area (Å²) in [5, 5.41) is 3.25. The van der Waals surface area contributed by atoms with Gasteiger partial charge in [-0.05, 0) is 42.0 Å². The van der Waals surface area contributed by atoms with Crippen LogP contribution >= 0.6 is 11.6 Å². The number of imidazole rings is 1. The lowest BCUT2D eigenvalue weighted by Gasteiger charge is -2.04. The highest BCUT2D eigenvalue weighted by molar-refractivity contribution is 6.32. The molecule has 144 valence electrons. The normalized spacial score (nSPS) is 12.8. The highest BCUT2D eigenvalue weighted by Crippen LogP contribution is 2.40. The van der Waals surface area contributed by atoms with Crippen molar-refractivity contribution in [2.24, 2.45) is 7.05 Å². The van der Waals surface area contributed by atoms with Crippen LogP contribution in [0.5, 0.6) is 11.5 Å². The SMILES string of the molecule is Cn1c(CCNC(=O)C=Cc2cc(Cl)c3c(c2)OCO3)nc2ccc(F)cc21. The lowest BCUT2D eigenvalue weighted by atomic mass is 10.2. The van der Waals surface area contributed by atoms with Crippen molar-refractivity contribution in [3.05, 3.63) is 58.6 Å². The van der Waals surface area contributed by atoms with Crippen molar-refractivity contribution >= 4 is 34.6 Å². The van der Waals surface area contributed by atoms with E-state index < -0.39 is 0 Å². The molecule has 6 nitrogen and oxygen atoms in total. The minimum Gasteiger partial charge on any atom is -0.454 e. The Bertz CT molecular complexity index is 1090. The number of aryl methyl sites for hydroxylation is 1. The van der Waals surface area contributed by atoms with Crippen molar-refractivity contribution in [2.75, 3.05) is 13.3 Å². The summed E-state index contributed by atoms with van der Waals surface area (Å²) in [6, 6.07) is 7.94. The maximum absolute atomic E-state index is 13.4. The second kappa shape index (κ2) is 7.52. The molecule has 1 aliphatic rings. The van der Waals surface area contributed by atoms with E-state index in [0.717, 1.165) is 22.4 Å². The van der Waals surface area contributed by atoms with E-state index in [2.05, 4.69) is 10.3 Å². The van der Waals surface area contributed by atoms with Gasteiger partial charge in [-0.15, -0.1) is 0 Å². The Balaban J connectivity index is 1.36. The zero-order valence-electron chi connectivity index (χ0n) is 15.0. The predicted octanol–water partition coefficient (Wildman–Crippen LogP) is 3.47. The molecule has 0 saturated heterocycles. The van der Waals surface area contributed by atoms with E-state index in [4.69, 9.17) is 21.1 Å². The first-order valence-corrected chi connectivity index (χ1v) is 9.05. The van der Waals surface area contributed by atoms with Crippen LogP contribution in [0.2, 0.25) is 5.02 Å². The molecule has 0 bridgehead atoms. The number of benzene rings is 2. The number of aromatic nitrogens is 2. The van der Waals surface area contributed by atoms with Gasteiger partial charge in [-0.2, -0.15) is 0 Å². The van der Waals surface area contributed by atoms with E-state index in [-0.39, 0.29) is 18.5 Å². The fourth-order valence-corrected chi connectivity index (χ4v) is 3.32. The molecular formula is C20H17ClFN3O3. The molecule has 0 atom stereocenters. The monoisotopic (exact) mass is 401 g/mol. The van der Waals surface area contributed by atoms with Crippen molar-refractivity contribution < 1.29 is 18.7 Å². The Kier molecular flexibility index (Phi) is 4.92. The lowest BCUT2D eigenvalue weighted by Crippen LogP contribution is -2.24. The van der Waals surface area contributed by atoms with Crippen molar-refractivity contribution in [1.29, 1.82) is 0 Å². The molecule has 0 fully saturated rings. The van der Waals surface area contributed by atoms with E-state index >= 15 is 0 Å². The Hall–Kier alpha value is -3.06. The fraction of sp³-hybridized carbons (Fsp3) is 0.200. The van der Waals surface area contributed by atoms with Gasteiger partial charge in [0.05, 0.1) is 16.1 Å². The summed E-state index contributed by atoms with van der Waals surface area (Å²) < 4.78 is 25.8. The number of nitrogens with one attached hydrogen (secondary N) is 1. The number of halogens is 2. The maximum Gasteiger partial charge on any atom is 0.244 e. The standard InChI is InChI=1S/C20H17ClFN3O3/c1-25-16-10-13(22)3-4-15(16)24-18(25)6-7-23-19(26)5-2-12-8-14(21)20-17(9-12)27-11-28-20/h2-5,8-10H,6-7,11H2,1H3,(H,23,26). The third-order valence-electron chi connectivity index (χ3n) is 4.46. The second-order valence-electron chi connectivity index (χ2n) is 6.33. The van der Waals surface area contributed by atoms with Crippen LogP contribution in [0.4, 0.5) is 4.39 Å². The predicted molar refractivity (Wildman–Crippen MR) is 104 cm³/mol. The van der Waals surface area contributed by atoms with Crippen molar-refractivity contribution in [3.63, 3.8) is 0 Å². The van der Waals surface area contributed by atoms with Crippen LogP contribution < -0.4 is 14.8 Å². The van der Waals surface area contributed by atoms with Gasteiger partial charge in [-0.1, -0.05) is 11.6 Å². The van der Waals surface area contributed by atoms with Crippen LogP contribution in [0.15, 0.2) is 36.4 Å². The molecule has 1 aliphatic heterocycles. The number of ether oxygens (including phenoxy) is 2. The second-order valence-corrected chi connectivity index (χ2v) is 6.74. The van der Waals surface area contributed by atoms with Gasteiger partial charge in [-0.3, -0.25) is 4.79 Å². The Morgan fingerprint density at radius 3 is 3.07 bits per heavy atom. The van der Waals surface area contributed by atoms with Gasteiger partial charge < -0.3 is 19.4 Å². The van der Waals surface area contributed by atoms with Crippen LogP contribution in [0.1, 0.15) is 11.4 Å². The van der Waals surface area contributed by atoms with Gasteiger partial charge in [0.2, 0.25) is 12.7 Å².